The summed E-state index contributed by atoms with van der Waals surface area (Å²) < 4.78 is 0. The first-order valence-corrected chi connectivity index (χ1v) is 9.33. The Labute approximate surface area is 125 Å². The predicted octanol–water partition coefficient (Wildman–Crippen LogP) is 4.40. The number of nitrogens with two attached hydrogens (primary N) is 1. The SMILES string of the molecule is NNC(CC1CCCCC1)C1CCC2CCCCC2C1. The Hall–Kier alpha value is -0.0800. The standard InChI is InChI=1S/C18H34N2/c19-20-18(12-14-6-2-1-3-7-14)17-11-10-15-8-4-5-9-16(15)13-17/h14-18,20H,1-13,19H2. The van der Waals surface area contributed by atoms with Gasteiger partial charge in [0.25, 0.3) is 0 Å². The fraction of sp³-hybridized carbons (Fsp3) is 1.00. The Morgan fingerprint density at radius 2 is 1.50 bits per heavy atom. The van der Waals surface area contributed by atoms with Crippen molar-refractivity contribution in [1.29, 1.82) is 0 Å². The fourth-order valence-electron chi connectivity index (χ4n) is 5.45. The first-order chi connectivity index (χ1) is 9.86. The molecule has 4 unspecified atom stereocenters. The first-order valence-electron chi connectivity index (χ1n) is 9.33. The molecule has 0 aromatic heterocycles. The Bertz CT molecular complexity index is 283. The molecule has 0 saturated heterocycles. The minimum absolute atomic E-state index is 0.598. The number of rotatable bonds is 4. The van der Waals surface area contributed by atoms with Crippen LogP contribution in [-0.4, -0.2) is 6.04 Å². The predicted molar refractivity (Wildman–Crippen MR) is 85.1 cm³/mol. The quantitative estimate of drug-likeness (QED) is 0.591. The van der Waals surface area contributed by atoms with Crippen molar-refractivity contribution < 1.29 is 0 Å². The number of hydrogen-bond acceptors (Lipinski definition) is 2. The van der Waals surface area contributed by atoms with Crippen LogP contribution < -0.4 is 11.3 Å². The highest BCUT2D eigenvalue weighted by atomic mass is 15.2. The molecule has 116 valence electrons. The summed E-state index contributed by atoms with van der Waals surface area (Å²) in [6.07, 6.45) is 19.0. The third-order valence-corrected chi connectivity index (χ3v) is 6.68. The molecule has 3 rings (SSSR count). The van der Waals surface area contributed by atoms with Crippen LogP contribution in [0.4, 0.5) is 0 Å². The highest BCUT2D eigenvalue weighted by Gasteiger charge is 2.35. The van der Waals surface area contributed by atoms with Crippen molar-refractivity contribution in [2.24, 2.45) is 29.5 Å². The molecule has 0 aliphatic heterocycles. The molecule has 0 bridgehead atoms. The van der Waals surface area contributed by atoms with E-state index in [2.05, 4.69) is 5.43 Å². The molecule has 0 amide bonds. The van der Waals surface area contributed by atoms with E-state index in [9.17, 15) is 0 Å². The second-order valence-electron chi connectivity index (χ2n) is 7.89. The molecule has 3 fully saturated rings. The maximum atomic E-state index is 5.94. The average Bonchev–Trinajstić information content (AvgIpc) is 2.53. The van der Waals surface area contributed by atoms with Crippen LogP contribution in [0, 0.1) is 23.7 Å². The number of fused-ring (bicyclic) bond motifs is 1. The van der Waals surface area contributed by atoms with Crippen LogP contribution in [0.25, 0.3) is 0 Å². The van der Waals surface area contributed by atoms with Gasteiger partial charge in [0.1, 0.15) is 0 Å². The fourth-order valence-corrected chi connectivity index (χ4v) is 5.45. The maximum Gasteiger partial charge on any atom is 0.0241 e. The zero-order chi connectivity index (χ0) is 13.8. The molecule has 0 aromatic rings. The molecule has 0 radical (unpaired) electrons. The van der Waals surface area contributed by atoms with Gasteiger partial charge in [-0.15, -0.1) is 0 Å². The van der Waals surface area contributed by atoms with Crippen molar-refractivity contribution in [1.82, 2.24) is 5.43 Å². The molecule has 0 aromatic carbocycles. The van der Waals surface area contributed by atoms with Crippen LogP contribution in [0.1, 0.15) is 83.5 Å². The molecule has 20 heavy (non-hydrogen) atoms. The van der Waals surface area contributed by atoms with E-state index >= 15 is 0 Å². The highest BCUT2D eigenvalue weighted by Crippen LogP contribution is 2.44. The van der Waals surface area contributed by atoms with Crippen molar-refractivity contribution in [3.8, 4) is 0 Å². The van der Waals surface area contributed by atoms with Crippen LogP contribution in [-0.2, 0) is 0 Å². The lowest BCUT2D eigenvalue weighted by molar-refractivity contribution is 0.0999. The van der Waals surface area contributed by atoms with Gasteiger partial charge in [0, 0.05) is 6.04 Å². The smallest absolute Gasteiger partial charge is 0.0241 e. The van der Waals surface area contributed by atoms with Crippen LogP contribution in [0.2, 0.25) is 0 Å². The van der Waals surface area contributed by atoms with Crippen LogP contribution in [0.5, 0.6) is 0 Å². The summed E-state index contributed by atoms with van der Waals surface area (Å²) in [5, 5.41) is 0. The van der Waals surface area contributed by atoms with Crippen LogP contribution in [0.15, 0.2) is 0 Å². The molecule has 2 heteroatoms. The summed E-state index contributed by atoms with van der Waals surface area (Å²) in [5.74, 6) is 9.85. The lowest BCUT2D eigenvalue weighted by atomic mass is 9.65. The van der Waals surface area contributed by atoms with Gasteiger partial charge in [-0.2, -0.15) is 0 Å². The van der Waals surface area contributed by atoms with Crippen LogP contribution >= 0.6 is 0 Å². The van der Waals surface area contributed by atoms with Gasteiger partial charge in [-0.3, -0.25) is 11.3 Å². The van der Waals surface area contributed by atoms with E-state index in [1.54, 1.807) is 0 Å². The van der Waals surface area contributed by atoms with Crippen molar-refractivity contribution in [3.63, 3.8) is 0 Å². The largest absolute Gasteiger partial charge is 0.271 e. The Morgan fingerprint density at radius 3 is 2.25 bits per heavy atom. The highest BCUT2D eigenvalue weighted by molar-refractivity contribution is 4.88. The van der Waals surface area contributed by atoms with Gasteiger partial charge in [0.2, 0.25) is 0 Å². The van der Waals surface area contributed by atoms with Gasteiger partial charge in [0.05, 0.1) is 0 Å². The van der Waals surface area contributed by atoms with E-state index in [4.69, 9.17) is 5.84 Å². The van der Waals surface area contributed by atoms with E-state index in [1.165, 1.54) is 83.5 Å². The van der Waals surface area contributed by atoms with E-state index in [0.717, 1.165) is 23.7 Å². The zero-order valence-electron chi connectivity index (χ0n) is 13.2. The second-order valence-corrected chi connectivity index (χ2v) is 7.89. The third-order valence-electron chi connectivity index (χ3n) is 6.68. The Kier molecular flexibility index (Phi) is 5.39. The molecular weight excluding hydrogens is 244 g/mol. The summed E-state index contributed by atoms with van der Waals surface area (Å²) in [6, 6.07) is 0.598. The third kappa shape index (κ3) is 3.57. The normalized spacial score (nSPS) is 37.4. The monoisotopic (exact) mass is 278 g/mol. The molecule has 3 aliphatic rings. The van der Waals surface area contributed by atoms with E-state index in [0.29, 0.717) is 6.04 Å². The minimum Gasteiger partial charge on any atom is -0.271 e. The van der Waals surface area contributed by atoms with Gasteiger partial charge < -0.3 is 0 Å². The zero-order valence-corrected chi connectivity index (χ0v) is 13.2. The summed E-state index contributed by atoms with van der Waals surface area (Å²) in [5.41, 5.74) is 3.21. The molecule has 0 heterocycles. The van der Waals surface area contributed by atoms with Crippen molar-refractivity contribution >= 4 is 0 Å². The second kappa shape index (κ2) is 7.26. The molecule has 0 spiro atoms. The lowest BCUT2D eigenvalue weighted by Gasteiger charge is -2.42. The van der Waals surface area contributed by atoms with E-state index in [1.807, 2.05) is 0 Å². The van der Waals surface area contributed by atoms with Crippen LogP contribution in [0.3, 0.4) is 0 Å². The van der Waals surface area contributed by atoms with E-state index in [-0.39, 0.29) is 0 Å². The average molecular weight is 278 g/mol. The molecule has 3 aliphatic carbocycles. The van der Waals surface area contributed by atoms with E-state index < -0.39 is 0 Å². The first kappa shape index (κ1) is 14.8. The van der Waals surface area contributed by atoms with Gasteiger partial charge >= 0.3 is 0 Å². The van der Waals surface area contributed by atoms with Gasteiger partial charge in [-0.05, 0) is 49.4 Å². The van der Waals surface area contributed by atoms with Crippen molar-refractivity contribution in [3.05, 3.63) is 0 Å². The molecule has 3 saturated carbocycles. The molecular formula is C18H34N2. The van der Waals surface area contributed by atoms with Gasteiger partial charge in [0.15, 0.2) is 0 Å². The topological polar surface area (TPSA) is 38.0 Å². The maximum absolute atomic E-state index is 5.94. The van der Waals surface area contributed by atoms with Crippen molar-refractivity contribution in [2.45, 2.75) is 89.5 Å². The number of hydrazine groups is 1. The Morgan fingerprint density at radius 1 is 0.800 bits per heavy atom. The molecule has 4 atom stereocenters. The minimum atomic E-state index is 0.598. The number of nitrogens with one attached hydrogen (secondary N) is 1. The lowest BCUT2D eigenvalue weighted by Crippen LogP contribution is -2.45. The van der Waals surface area contributed by atoms with Crippen molar-refractivity contribution in [2.75, 3.05) is 0 Å². The van der Waals surface area contributed by atoms with Gasteiger partial charge in [-0.1, -0.05) is 57.8 Å². The summed E-state index contributed by atoms with van der Waals surface area (Å²) in [6.45, 7) is 0. The molecule has 3 N–H and O–H groups in total. The summed E-state index contributed by atoms with van der Waals surface area (Å²) in [4.78, 5) is 0. The number of hydrogen-bond donors (Lipinski definition) is 2. The Balaban J connectivity index is 1.52. The molecule has 2 nitrogen and oxygen atoms in total. The summed E-state index contributed by atoms with van der Waals surface area (Å²) in [7, 11) is 0. The van der Waals surface area contributed by atoms with Gasteiger partial charge in [-0.25, -0.2) is 0 Å². The summed E-state index contributed by atoms with van der Waals surface area (Å²) >= 11 is 0.